The second kappa shape index (κ2) is 8.16. The third-order valence-corrected chi connectivity index (χ3v) is 5.72. The zero-order chi connectivity index (χ0) is 20.3. The third-order valence-electron chi connectivity index (χ3n) is 5.72. The van der Waals surface area contributed by atoms with Gasteiger partial charge in [-0.25, -0.2) is 0 Å². The first-order valence-corrected chi connectivity index (χ1v) is 10.3. The van der Waals surface area contributed by atoms with Crippen molar-refractivity contribution in [2.24, 2.45) is 0 Å². The molecule has 1 aliphatic heterocycles. The standard InChI is InChI=1S/C24H23N5O/c1-17-5-2-3-6-20(17)16-29-14-4-7-22(29)24-27-23(28-30-24)19-8-9-21(26-15-19)18-10-12-25-13-11-18/h2-3,5-6,8-13,15,22H,4,7,14,16H2,1H3/t22-/m0/s1. The Kier molecular flexibility index (Phi) is 5.07. The first-order valence-electron chi connectivity index (χ1n) is 10.3. The maximum atomic E-state index is 5.68. The average Bonchev–Trinajstić information content (AvgIpc) is 3.46. The Balaban J connectivity index is 1.34. The van der Waals surface area contributed by atoms with Gasteiger partial charge in [0.05, 0.1) is 11.7 Å². The van der Waals surface area contributed by atoms with Crippen LogP contribution in [0.2, 0.25) is 0 Å². The summed E-state index contributed by atoms with van der Waals surface area (Å²) in [5.41, 5.74) is 5.44. The van der Waals surface area contributed by atoms with Crippen LogP contribution >= 0.6 is 0 Å². The second-order valence-corrected chi connectivity index (χ2v) is 7.68. The Bertz CT molecular complexity index is 1120. The molecule has 6 heteroatoms. The van der Waals surface area contributed by atoms with E-state index >= 15 is 0 Å². The number of nitrogens with zero attached hydrogens (tertiary/aromatic N) is 5. The summed E-state index contributed by atoms with van der Waals surface area (Å²) in [6, 6.07) is 16.5. The smallest absolute Gasteiger partial charge is 0.244 e. The molecule has 0 unspecified atom stereocenters. The molecule has 1 saturated heterocycles. The molecule has 0 spiro atoms. The summed E-state index contributed by atoms with van der Waals surface area (Å²) in [6.45, 7) is 4.10. The van der Waals surface area contributed by atoms with Gasteiger partial charge in [-0.05, 0) is 61.7 Å². The highest BCUT2D eigenvalue weighted by atomic mass is 16.5. The van der Waals surface area contributed by atoms with E-state index in [2.05, 4.69) is 51.2 Å². The third kappa shape index (κ3) is 3.74. The lowest BCUT2D eigenvalue weighted by molar-refractivity contribution is 0.201. The number of hydrogen-bond acceptors (Lipinski definition) is 6. The van der Waals surface area contributed by atoms with E-state index < -0.39 is 0 Å². The minimum Gasteiger partial charge on any atom is -0.337 e. The fraction of sp³-hybridized carbons (Fsp3) is 0.250. The highest BCUT2D eigenvalue weighted by Crippen LogP contribution is 2.33. The van der Waals surface area contributed by atoms with Gasteiger partial charge >= 0.3 is 0 Å². The van der Waals surface area contributed by atoms with E-state index in [1.165, 1.54) is 11.1 Å². The van der Waals surface area contributed by atoms with E-state index in [0.717, 1.165) is 42.8 Å². The van der Waals surface area contributed by atoms with E-state index in [0.29, 0.717) is 11.7 Å². The molecule has 0 bridgehead atoms. The number of aromatic nitrogens is 4. The fourth-order valence-electron chi connectivity index (χ4n) is 4.01. The highest BCUT2D eigenvalue weighted by molar-refractivity contribution is 5.62. The Labute approximate surface area is 175 Å². The summed E-state index contributed by atoms with van der Waals surface area (Å²) in [6.07, 6.45) is 7.49. The molecule has 30 heavy (non-hydrogen) atoms. The molecule has 0 saturated carbocycles. The summed E-state index contributed by atoms with van der Waals surface area (Å²) < 4.78 is 5.68. The fourth-order valence-corrected chi connectivity index (χ4v) is 4.01. The van der Waals surface area contributed by atoms with Crippen molar-refractivity contribution in [3.8, 4) is 22.6 Å². The lowest BCUT2D eigenvalue weighted by Gasteiger charge is -2.22. The number of rotatable bonds is 5. The molecule has 4 aromatic rings. The van der Waals surface area contributed by atoms with Gasteiger partial charge in [0, 0.05) is 36.3 Å². The first kappa shape index (κ1) is 18.6. The number of pyridine rings is 2. The molecule has 0 amide bonds. The molecule has 150 valence electrons. The van der Waals surface area contributed by atoms with Crippen LogP contribution in [0.1, 0.15) is 35.9 Å². The molecule has 1 atom stereocenters. The molecule has 3 aromatic heterocycles. The van der Waals surface area contributed by atoms with E-state index in [1.807, 2.05) is 24.3 Å². The molecule has 1 aliphatic rings. The van der Waals surface area contributed by atoms with Gasteiger partial charge in [0.25, 0.3) is 0 Å². The van der Waals surface area contributed by atoms with Crippen molar-refractivity contribution in [3.63, 3.8) is 0 Å². The van der Waals surface area contributed by atoms with Crippen molar-refractivity contribution >= 4 is 0 Å². The van der Waals surface area contributed by atoms with Crippen molar-refractivity contribution in [2.75, 3.05) is 6.54 Å². The predicted octanol–water partition coefficient (Wildman–Crippen LogP) is 4.84. The molecule has 1 fully saturated rings. The SMILES string of the molecule is Cc1ccccc1CN1CCC[C@H]1c1nc(-c2ccc(-c3ccncc3)nc2)no1. The van der Waals surface area contributed by atoms with Crippen LogP contribution in [0.25, 0.3) is 22.6 Å². The summed E-state index contributed by atoms with van der Waals surface area (Å²) in [7, 11) is 0. The van der Waals surface area contributed by atoms with Crippen molar-refractivity contribution in [3.05, 3.63) is 84.1 Å². The van der Waals surface area contributed by atoms with Gasteiger partial charge < -0.3 is 4.52 Å². The van der Waals surface area contributed by atoms with Gasteiger partial charge in [-0.1, -0.05) is 29.4 Å². The molecule has 4 heterocycles. The molecule has 0 N–H and O–H groups in total. The predicted molar refractivity (Wildman–Crippen MR) is 114 cm³/mol. The summed E-state index contributed by atoms with van der Waals surface area (Å²) in [5.74, 6) is 1.27. The number of likely N-dealkylation sites (tertiary alicyclic amines) is 1. The van der Waals surface area contributed by atoms with E-state index in [9.17, 15) is 0 Å². The molecule has 1 aromatic carbocycles. The van der Waals surface area contributed by atoms with Gasteiger partial charge in [0.1, 0.15) is 0 Å². The van der Waals surface area contributed by atoms with Crippen LogP contribution in [0.4, 0.5) is 0 Å². The minimum atomic E-state index is 0.162. The number of aryl methyl sites for hydroxylation is 1. The van der Waals surface area contributed by atoms with Crippen LogP contribution in [0.3, 0.4) is 0 Å². The van der Waals surface area contributed by atoms with Crippen LogP contribution in [0.5, 0.6) is 0 Å². The van der Waals surface area contributed by atoms with Crippen LogP contribution in [0.15, 0.2) is 71.6 Å². The minimum absolute atomic E-state index is 0.162. The van der Waals surface area contributed by atoms with Crippen molar-refractivity contribution in [1.82, 2.24) is 25.0 Å². The largest absolute Gasteiger partial charge is 0.337 e. The lowest BCUT2D eigenvalue weighted by atomic mass is 10.1. The molecule has 0 radical (unpaired) electrons. The molecule has 6 nitrogen and oxygen atoms in total. The van der Waals surface area contributed by atoms with Crippen molar-refractivity contribution < 1.29 is 4.52 Å². The van der Waals surface area contributed by atoms with Gasteiger partial charge in [0.2, 0.25) is 11.7 Å². The average molecular weight is 397 g/mol. The Morgan fingerprint density at radius 2 is 1.90 bits per heavy atom. The first-order chi connectivity index (χ1) is 14.8. The van der Waals surface area contributed by atoms with Crippen molar-refractivity contribution in [2.45, 2.75) is 32.4 Å². The monoisotopic (exact) mass is 397 g/mol. The molecule has 5 rings (SSSR count). The highest BCUT2D eigenvalue weighted by Gasteiger charge is 2.31. The Hall–Kier alpha value is -3.38. The Morgan fingerprint density at radius 1 is 1.03 bits per heavy atom. The molecular formula is C24H23N5O. The van der Waals surface area contributed by atoms with Crippen molar-refractivity contribution in [1.29, 1.82) is 0 Å². The zero-order valence-electron chi connectivity index (χ0n) is 16.9. The second-order valence-electron chi connectivity index (χ2n) is 7.68. The summed E-state index contributed by atoms with van der Waals surface area (Å²) in [4.78, 5) is 15.7. The summed E-state index contributed by atoms with van der Waals surface area (Å²) >= 11 is 0. The maximum Gasteiger partial charge on any atom is 0.244 e. The maximum absolute atomic E-state index is 5.68. The number of benzene rings is 1. The quantitative estimate of drug-likeness (QED) is 0.480. The number of hydrogen-bond donors (Lipinski definition) is 0. The Morgan fingerprint density at radius 3 is 2.70 bits per heavy atom. The van der Waals surface area contributed by atoms with E-state index in [1.54, 1.807) is 18.6 Å². The van der Waals surface area contributed by atoms with Gasteiger partial charge in [-0.15, -0.1) is 0 Å². The molecule has 0 aliphatic carbocycles. The zero-order valence-corrected chi connectivity index (χ0v) is 16.9. The van der Waals surface area contributed by atoms with Crippen LogP contribution < -0.4 is 0 Å². The summed E-state index contributed by atoms with van der Waals surface area (Å²) in [5, 5.41) is 4.23. The van der Waals surface area contributed by atoms with Crippen LogP contribution in [-0.2, 0) is 6.54 Å². The lowest BCUT2D eigenvalue weighted by Crippen LogP contribution is -2.23. The van der Waals surface area contributed by atoms with Gasteiger partial charge in [0.15, 0.2) is 0 Å². The van der Waals surface area contributed by atoms with E-state index in [4.69, 9.17) is 9.51 Å². The van der Waals surface area contributed by atoms with Crippen LogP contribution in [-0.4, -0.2) is 31.6 Å². The topological polar surface area (TPSA) is 67.9 Å². The normalized spacial score (nSPS) is 16.8. The van der Waals surface area contributed by atoms with Gasteiger partial charge in [-0.3, -0.25) is 14.9 Å². The molecular weight excluding hydrogens is 374 g/mol. The van der Waals surface area contributed by atoms with E-state index in [-0.39, 0.29) is 6.04 Å². The van der Waals surface area contributed by atoms with Crippen LogP contribution in [0, 0.1) is 6.92 Å². The van der Waals surface area contributed by atoms with Gasteiger partial charge in [-0.2, -0.15) is 4.98 Å².